The predicted octanol–water partition coefficient (Wildman–Crippen LogP) is 4.74. The molecule has 2 aromatic heterocycles. The number of nitriles is 1. The number of fused-ring (bicyclic) bond motifs is 2. The van der Waals surface area contributed by atoms with Gasteiger partial charge in [-0.05, 0) is 67.5 Å². The van der Waals surface area contributed by atoms with Gasteiger partial charge in [0.1, 0.15) is 17.5 Å². The van der Waals surface area contributed by atoms with Gasteiger partial charge in [-0.15, -0.1) is 0 Å². The molecule has 1 aliphatic carbocycles. The summed E-state index contributed by atoms with van der Waals surface area (Å²) in [6.07, 6.45) is 10.9. The SMILES string of the molecule is N#Cc1ccc2c(c1)CCCC2Oc1ccc2cnn(-c3cnc(N4CCCC4)nc3)c2c1. The average molecular weight is 437 g/mol. The van der Waals surface area contributed by atoms with Crippen molar-refractivity contribution < 1.29 is 4.74 Å². The third-order valence-electron chi connectivity index (χ3n) is 6.61. The summed E-state index contributed by atoms with van der Waals surface area (Å²) in [5.41, 5.74) is 4.89. The number of hydrogen-bond acceptors (Lipinski definition) is 6. The minimum Gasteiger partial charge on any atom is -0.486 e. The Morgan fingerprint density at radius 3 is 2.64 bits per heavy atom. The van der Waals surface area contributed by atoms with E-state index in [1.165, 1.54) is 24.0 Å². The maximum atomic E-state index is 9.21. The molecule has 7 heteroatoms. The molecule has 7 nitrogen and oxygen atoms in total. The second-order valence-corrected chi connectivity index (χ2v) is 8.74. The maximum Gasteiger partial charge on any atom is 0.225 e. The summed E-state index contributed by atoms with van der Waals surface area (Å²) >= 11 is 0. The summed E-state index contributed by atoms with van der Waals surface area (Å²) in [5, 5.41) is 14.8. The summed E-state index contributed by atoms with van der Waals surface area (Å²) in [4.78, 5) is 11.4. The zero-order valence-corrected chi connectivity index (χ0v) is 18.3. The largest absolute Gasteiger partial charge is 0.486 e. The van der Waals surface area contributed by atoms with Crippen LogP contribution in [0.2, 0.25) is 0 Å². The molecular weight excluding hydrogens is 412 g/mol. The molecule has 2 aliphatic rings. The van der Waals surface area contributed by atoms with Gasteiger partial charge in [0.2, 0.25) is 5.95 Å². The van der Waals surface area contributed by atoms with Crippen LogP contribution < -0.4 is 9.64 Å². The van der Waals surface area contributed by atoms with E-state index in [0.29, 0.717) is 5.56 Å². The van der Waals surface area contributed by atoms with Crippen molar-refractivity contribution in [3.05, 3.63) is 71.7 Å². The van der Waals surface area contributed by atoms with Crippen LogP contribution in [0.4, 0.5) is 5.95 Å². The molecule has 1 unspecified atom stereocenters. The fourth-order valence-corrected chi connectivity index (χ4v) is 4.91. The van der Waals surface area contributed by atoms with Crippen LogP contribution in [-0.4, -0.2) is 32.8 Å². The zero-order valence-electron chi connectivity index (χ0n) is 18.3. The molecule has 3 heterocycles. The van der Waals surface area contributed by atoms with Gasteiger partial charge in [0, 0.05) is 24.5 Å². The molecule has 1 atom stereocenters. The molecule has 33 heavy (non-hydrogen) atoms. The van der Waals surface area contributed by atoms with Crippen molar-refractivity contribution in [2.24, 2.45) is 0 Å². The van der Waals surface area contributed by atoms with Crippen LogP contribution in [0.25, 0.3) is 16.6 Å². The Bertz CT molecular complexity index is 1350. The Balaban J connectivity index is 1.29. The number of ether oxygens (including phenoxy) is 1. The van der Waals surface area contributed by atoms with Crippen LogP contribution in [0.15, 0.2) is 55.0 Å². The number of nitrogens with zero attached hydrogens (tertiary/aromatic N) is 6. The Labute approximate surface area is 192 Å². The summed E-state index contributed by atoms with van der Waals surface area (Å²) in [6, 6.07) is 14.2. The van der Waals surface area contributed by atoms with E-state index < -0.39 is 0 Å². The lowest BCUT2D eigenvalue weighted by Gasteiger charge is -2.26. The lowest BCUT2D eigenvalue weighted by atomic mass is 9.88. The molecule has 2 aromatic carbocycles. The van der Waals surface area contributed by atoms with Gasteiger partial charge in [0.25, 0.3) is 0 Å². The topological polar surface area (TPSA) is 79.9 Å². The molecule has 1 aliphatic heterocycles. The first-order chi connectivity index (χ1) is 16.3. The molecule has 1 saturated heterocycles. The summed E-state index contributed by atoms with van der Waals surface area (Å²) in [5.74, 6) is 1.59. The minimum absolute atomic E-state index is 0.0154. The molecular formula is C26H24N6O. The van der Waals surface area contributed by atoms with Crippen molar-refractivity contribution in [2.45, 2.75) is 38.2 Å². The predicted molar refractivity (Wildman–Crippen MR) is 126 cm³/mol. The molecule has 0 saturated carbocycles. The molecule has 0 N–H and O–H groups in total. The Hall–Kier alpha value is -3.92. The Morgan fingerprint density at radius 2 is 1.82 bits per heavy atom. The lowest BCUT2D eigenvalue weighted by molar-refractivity contribution is 0.183. The molecule has 0 radical (unpaired) electrons. The van der Waals surface area contributed by atoms with E-state index in [9.17, 15) is 5.26 Å². The van der Waals surface area contributed by atoms with Crippen molar-refractivity contribution in [1.29, 1.82) is 5.26 Å². The molecule has 164 valence electrons. The van der Waals surface area contributed by atoms with Gasteiger partial charge in [0.05, 0.1) is 35.7 Å². The minimum atomic E-state index is -0.0154. The molecule has 1 fully saturated rings. The molecule has 6 rings (SSSR count). The average Bonchev–Trinajstić information content (AvgIpc) is 3.54. The van der Waals surface area contributed by atoms with E-state index in [2.05, 4.69) is 26.0 Å². The van der Waals surface area contributed by atoms with E-state index in [-0.39, 0.29) is 6.10 Å². The number of hydrogen-bond donors (Lipinski definition) is 0. The van der Waals surface area contributed by atoms with Crippen LogP contribution in [-0.2, 0) is 6.42 Å². The van der Waals surface area contributed by atoms with E-state index in [1.54, 1.807) is 0 Å². The van der Waals surface area contributed by atoms with E-state index in [0.717, 1.165) is 60.6 Å². The van der Waals surface area contributed by atoms with Crippen LogP contribution in [0.1, 0.15) is 48.5 Å². The van der Waals surface area contributed by atoms with Gasteiger partial charge in [-0.2, -0.15) is 10.4 Å². The van der Waals surface area contributed by atoms with Gasteiger partial charge >= 0.3 is 0 Å². The maximum absolute atomic E-state index is 9.21. The third kappa shape index (κ3) is 3.68. The summed E-state index contributed by atoms with van der Waals surface area (Å²) < 4.78 is 8.31. The number of rotatable bonds is 4. The lowest BCUT2D eigenvalue weighted by Crippen LogP contribution is -2.20. The smallest absolute Gasteiger partial charge is 0.225 e. The highest BCUT2D eigenvalue weighted by molar-refractivity contribution is 5.81. The quantitative estimate of drug-likeness (QED) is 0.460. The fourth-order valence-electron chi connectivity index (χ4n) is 4.91. The van der Waals surface area contributed by atoms with Crippen molar-refractivity contribution in [1.82, 2.24) is 19.7 Å². The molecule has 0 bridgehead atoms. The fraction of sp³-hybridized carbons (Fsp3) is 0.308. The Morgan fingerprint density at radius 1 is 0.970 bits per heavy atom. The first-order valence-corrected chi connectivity index (χ1v) is 11.5. The monoisotopic (exact) mass is 436 g/mol. The Kier molecular flexibility index (Phi) is 4.91. The van der Waals surface area contributed by atoms with E-state index in [4.69, 9.17) is 4.74 Å². The summed E-state index contributed by atoms with van der Waals surface area (Å²) in [6.45, 7) is 2.04. The first-order valence-electron chi connectivity index (χ1n) is 11.5. The third-order valence-corrected chi connectivity index (χ3v) is 6.61. The van der Waals surface area contributed by atoms with Gasteiger partial charge in [-0.1, -0.05) is 6.07 Å². The second-order valence-electron chi connectivity index (χ2n) is 8.74. The van der Waals surface area contributed by atoms with Gasteiger partial charge < -0.3 is 9.64 Å². The van der Waals surface area contributed by atoms with Gasteiger partial charge in [0.15, 0.2) is 0 Å². The van der Waals surface area contributed by atoms with Crippen LogP contribution >= 0.6 is 0 Å². The molecule has 0 spiro atoms. The first kappa shape index (κ1) is 19.7. The van der Waals surface area contributed by atoms with Gasteiger partial charge in [-0.25, -0.2) is 14.6 Å². The van der Waals surface area contributed by atoms with Crippen LogP contribution in [0.5, 0.6) is 5.75 Å². The molecule has 4 aromatic rings. The number of aromatic nitrogens is 4. The van der Waals surface area contributed by atoms with Crippen molar-refractivity contribution in [3.63, 3.8) is 0 Å². The van der Waals surface area contributed by atoms with Crippen LogP contribution in [0, 0.1) is 11.3 Å². The number of aryl methyl sites for hydroxylation is 1. The number of anilines is 1. The van der Waals surface area contributed by atoms with E-state index in [1.807, 2.05) is 59.7 Å². The normalized spacial score (nSPS) is 17.7. The summed E-state index contributed by atoms with van der Waals surface area (Å²) in [7, 11) is 0. The van der Waals surface area contributed by atoms with Gasteiger partial charge in [-0.3, -0.25) is 0 Å². The molecule has 0 amide bonds. The second kappa shape index (κ2) is 8.21. The standard InChI is InChI=1S/C26H24N6O/c27-14-18-6-9-23-19(12-18)4-3-5-25(23)33-22-8-7-20-15-30-32(24(20)13-22)21-16-28-26(29-17-21)31-10-1-2-11-31/h6-9,12-13,15-17,25H,1-5,10-11H2. The van der Waals surface area contributed by atoms with Crippen LogP contribution in [0.3, 0.4) is 0 Å². The van der Waals surface area contributed by atoms with Crippen molar-refractivity contribution >= 4 is 16.9 Å². The van der Waals surface area contributed by atoms with Crippen molar-refractivity contribution in [3.8, 4) is 17.5 Å². The highest BCUT2D eigenvalue weighted by Gasteiger charge is 2.22. The van der Waals surface area contributed by atoms with Crippen molar-refractivity contribution in [2.75, 3.05) is 18.0 Å². The highest BCUT2D eigenvalue weighted by Crippen LogP contribution is 2.35. The zero-order chi connectivity index (χ0) is 22.2. The van der Waals surface area contributed by atoms with E-state index >= 15 is 0 Å². The number of benzene rings is 2. The highest BCUT2D eigenvalue weighted by atomic mass is 16.5.